The highest BCUT2D eigenvalue weighted by atomic mass is 35.6. The van der Waals surface area contributed by atoms with Gasteiger partial charge in [-0.25, -0.2) is 4.98 Å². The summed E-state index contributed by atoms with van der Waals surface area (Å²) in [6.07, 6.45) is 0. The molecule has 0 saturated heterocycles. The first-order valence-corrected chi connectivity index (χ1v) is 4.71. The topological polar surface area (TPSA) is 35.0 Å². The zero-order chi connectivity index (χ0) is 10.1. The Morgan fingerprint density at radius 3 is 2.23 bits per heavy atom. The number of alkyl halides is 3. The highest BCUT2D eigenvalue weighted by Gasteiger charge is 2.23. The van der Waals surface area contributed by atoms with E-state index in [2.05, 4.69) is 9.97 Å². The van der Waals surface area contributed by atoms with Gasteiger partial charge in [-0.05, 0) is 46.4 Å². The van der Waals surface area contributed by atoms with Crippen LogP contribution in [-0.2, 0) is 0 Å². The fourth-order valence-electron chi connectivity index (χ4n) is 0.541. The van der Waals surface area contributed by atoms with Gasteiger partial charge < -0.3 is 4.74 Å². The smallest absolute Gasteiger partial charge is 0.339 e. The van der Waals surface area contributed by atoms with E-state index in [0.29, 0.717) is 0 Å². The number of ether oxygens (including phenoxy) is 1. The first-order valence-electron chi connectivity index (χ1n) is 2.82. The fourth-order valence-corrected chi connectivity index (χ4v) is 1.17. The van der Waals surface area contributed by atoms with Crippen molar-refractivity contribution in [3.63, 3.8) is 0 Å². The molecule has 0 amide bonds. The minimum atomic E-state index is -1.90. The van der Waals surface area contributed by atoms with E-state index in [-0.39, 0.29) is 16.3 Å². The van der Waals surface area contributed by atoms with Crippen molar-refractivity contribution < 1.29 is 4.74 Å². The van der Waals surface area contributed by atoms with E-state index in [1.807, 2.05) is 0 Å². The number of hydrogen-bond donors (Lipinski definition) is 0. The van der Waals surface area contributed by atoms with Gasteiger partial charge in [0.2, 0.25) is 11.2 Å². The van der Waals surface area contributed by atoms with E-state index in [1.54, 1.807) is 0 Å². The van der Waals surface area contributed by atoms with Crippen molar-refractivity contribution in [2.75, 3.05) is 0 Å². The molecule has 72 valence electrons. The first-order chi connectivity index (χ1) is 5.87. The van der Waals surface area contributed by atoms with Crippen LogP contribution in [0.5, 0.6) is 5.88 Å². The Hall–Kier alpha value is 0.330. The summed E-state index contributed by atoms with van der Waals surface area (Å²) in [7, 11) is 0. The van der Waals surface area contributed by atoms with Gasteiger partial charge in [0.05, 0.1) is 0 Å². The van der Waals surface area contributed by atoms with Crippen LogP contribution in [-0.4, -0.2) is 13.9 Å². The summed E-state index contributed by atoms with van der Waals surface area (Å²) >= 11 is 27.0. The van der Waals surface area contributed by atoms with E-state index in [1.165, 1.54) is 6.07 Å². The fraction of sp³-hybridized carbons (Fsp3) is 0.200. The van der Waals surface area contributed by atoms with Crippen LogP contribution in [0, 0.1) is 0 Å². The predicted molar refractivity (Wildman–Crippen MR) is 53.0 cm³/mol. The maximum absolute atomic E-state index is 5.53. The van der Waals surface area contributed by atoms with Gasteiger partial charge in [-0.15, -0.1) is 0 Å². The monoisotopic (exact) mass is 280 g/mol. The molecule has 0 aliphatic heterocycles. The summed E-state index contributed by atoms with van der Waals surface area (Å²) in [5.74, 6) is -0.00926. The van der Waals surface area contributed by atoms with E-state index in [4.69, 9.17) is 62.7 Å². The average Bonchev–Trinajstić information content (AvgIpc) is 1.78. The summed E-state index contributed by atoms with van der Waals surface area (Å²) < 4.78 is 2.84. The molecule has 0 bridgehead atoms. The Bertz CT molecular complexity index is 292. The molecule has 1 rings (SSSR count). The van der Waals surface area contributed by atoms with E-state index >= 15 is 0 Å². The zero-order valence-corrected chi connectivity index (χ0v) is 9.55. The lowest BCUT2D eigenvalue weighted by Crippen LogP contribution is -2.13. The second-order valence-corrected chi connectivity index (χ2v) is 4.75. The Morgan fingerprint density at radius 1 is 1.15 bits per heavy atom. The normalized spacial score (nSPS) is 11.5. The van der Waals surface area contributed by atoms with Crippen LogP contribution in [0.25, 0.3) is 0 Å². The molecule has 0 fully saturated rings. The number of aromatic nitrogens is 2. The molecule has 1 aromatic rings. The van der Waals surface area contributed by atoms with Gasteiger partial charge in [-0.2, -0.15) is 4.98 Å². The SMILES string of the molecule is Clc1cc(OC(Cl)(Cl)Cl)nc(Cl)n1. The van der Waals surface area contributed by atoms with Crippen molar-refractivity contribution in [1.82, 2.24) is 9.97 Å². The van der Waals surface area contributed by atoms with Crippen LogP contribution in [0.1, 0.15) is 0 Å². The molecule has 1 heterocycles. The molecule has 0 atom stereocenters. The Morgan fingerprint density at radius 2 is 1.77 bits per heavy atom. The number of nitrogens with zero attached hydrogens (tertiary/aromatic N) is 2. The lowest BCUT2D eigenvalue weighted by atomic mass is 10.6. The minimum absolute atomic E-state index is 0.00926. The second-order valence-electron chi connectivity index (χ2n) is 1.85. The maximum Gasteiger partial charge on any atom is 0.339 e. The first kappa shape index (κ1) is 11.4. The lowest BCUT2D eigenvalue weighted by Gasteiger charge is -2.12. The quantitative estimate of drug-likeness (QED) is 0.449. The maximum atomic E-state index is 5.53. The molecule has 3 nitrogen and oxygen atoms in total. The van der Waals surface area contributed by atoms with Gasteiger partial charge >= 0.3 is 3.98 Å². The molecule has 0 aromatic carbocycles. The molecule has 0 spiro atoms. The highest BCUT2D eigenvalue weighted by Crippen LogP contribution is 2.30. The van der Waals surface area contributed by atoms with Crippen molar-refractivity contribution in [2.45, 2.75) is 3.98 Å². The summed E-state index contributed by atoms with van der Waals surface area (Å²) in [6, 6.07) is 1.27. The molecule has 0 unspecified atom stereocenters. The molecular formula is C5HCl5N2O. The van der Waals surface area contributed by atoms with Crippen molar-refractivity contribution in [3.05, 3.63) is 16.5 Å². The second kappa shape index (κ2) is 4.24. The van der Waals surface area contributed by atoms with Crippen LogP contribution in [0.2, 0.25) is 10.4 Å². The largest absolute Gasteiger partial charge is 0.427 e. The zero-order valence-electron chi connectivity index (χ0n) is 5.77. The third-order valence-corrected chi connectivity index (χ3v) is 1.46. The molecule has 8 heteroatoms. The summed E-state index contributed by atoms with van der Waals surface area (Å²) in [4.78, 5) is 7.19. The third-order valence-electron chi connectivity index (χ3n) is 0.864. The van der Waals surface area contributed by atoms with Crippen molar-refractivity contribution >= 4 is 58.0 Å². The standard InChI is InChI=1S/C5HCl5N2O/c6-2-1-3(12-4(7)11-2)13-5(8,9)10/h1H. The van der Waals surface area contributed by atoms with E-state index in [0.717, 1.165) is 0 Å². The number of rotatable bonds is 1. The third kappa shape index (κ3) is 4.38. The van der Waals surface area contributed by atoms with Gasteiger partial charge in [0, 0.05) is 6.07 Å². The Kier molecular flexibility index (Phi) is 3.72. The van der Waals surface area contributed by atoms with E-state index in [9.17, 15) is 0 Å². The average molecular weight is 282 g/mol. The van der Waals surface area contributed by atoms with Crippen LogP contribution in [0.4, 0.5) is 0 Å². The van der Waals surface area contributed by atoms with Gasteiger partial charge in [-0.3, -0.25) is 0 Å². The predicted octanol–water partition coefficient (Wildman–Crippen LogP) is 3.49. The van der Waals surface area contributed by atoms with Crippen molar-refractivity contribution in [1.29, 1.82) is 0 Å². The Balaban J connectivity index is 2.90. The Labute approximate surface area is 98.9 Å². The van der Waals surface area contributed by atoms with Crippen LogP contribution < -0.4 is 4.74 Å². The molecular weight excluding hydrogens is 281 g/mol. The van der Waals surface area contributed by atoms with Crippen LogP contribution in [0.3, 0.4) is 0 Å². The number of hydrogen-bond acceptors (Lipinski definition) is 3. The molecule has 0 N–H and O–H groups in total. The van der Waals surface area contributed by atoms with E-state index < -0.39 is 3.98 Å². The lowest BCUT2D eigenvalue weighted by molar-refractivity contribution is 0.307. The van der Waals surface area contributed by atoms with Crippen LogP contribution in [0.15, 0.2) is 6.07 Å². The molecule has 13 heavy (non-hydrogen) atoms. The van der Waals surface area contributed by atoms with Gasteiger partial charge in [0.25, 0.3) is 0 Å². The highest BCUT2D eigenvalue weighted by molar-refractivity contribution is 6.66. The molecule has 0 radical (unpaired) electrons. The molecule has 1 aromatic heterocycles. The molecule has 0 aliphatic carbocycles. The molecule has 0 aliphatic rings. The minimum Gasteiger partial charge on any atom is -0.427 e. The molecule has 0 saturated carbocycles. The van der Waals surface area contributed by atoms with Gasteiger partial charge in [0.15, 0.2) is 0 Å². The summed E-state index contributed by atoms with van der Waals surface area (Å²) in [6.45, 7) is 0. The summed E-state index contributed by atoms with van der Waals surface area (Å²) in [5.41, 5.74) is 0. The van der Waals surface area contributed by atoms with Crippen LogP contribution >= 0.6 is 58.0 Å². The number of halogens is 5. The van der Waals surface area contributed by atoms with Crippen molar-refractivity contribution in [2.24, 2.45) is 0 Å². The van der Waals surface area contributed by atoms with Gasteiger partial charge in [-0.1, -0.05) is 11.6 Å². The van der Waals surface area contributed by atoms with Gasteiger partial charge in [0.1, 0.15) is 5.15 Å². The summed E-state index contributed by atoms with van der Waals surface area (Å²) in [5, 5.41) is 0.0148. The van der Waals surface area contributed by atoms with Crippen molar-refractivity contribution in [3.8, 4) is 5.88 Å².